The molecule has 1 fully saturated rings. The fraction of sp³-hybridized carbons (Fsp3) is 0.500. The molecule has 0 bridgehead atoms. The maximum atomic E-state index is 10.8. The van der Waals surface area contributed by atoms with Crippen LogP contribution in [0.15, 0.2) is 24.3 Å². The van der Waals surface area contributed by atoms with E-state index in [4.69, 9.17) is 5.11 Å². The molecular weight excluding hydrogens is 200 g/mol. The van der Waals surface area contributed by atoms with Crippen molar-refractivity contribution in [3.63, 3.8) is 0 Å². The number of carbonyl (C=O) groups is 1. The normalized spacial score (nSPS) is 17.8. The van der Waals surface area contributed by atoms with Crippen LogP contribution >= 0.6 is 0 Å². The van der Waals surface area contributed by atoms with E-state index < -0.39 is 5.97 Å². The van der Waals surface area contributed by atoms with Crippen LogP contribution in [0.1, 0.15) is 43.2 Å². The monoisotopic (exact) mass is 218 g/mol. The topological polar surface area (TPSA) is 37.3 Å². The number of carboxylic acids is 1. The van der Waals surface area contributed by atoms with Gasteiger partial charge in [0.1, 0.15) is 0 Å². The largest absolute Gasteiger partial charge is 0.481 e. The van der Waals surface area contributed by atoms with Gasteiger partial charge in [0.25, 0.3) is 0 Å². The molecule has 1 saturated carbocycles. The molecule has 0 saturated heterocycles. The van der Waals surface area contributed by atoms with Crippen molar-refractivity contribution in [1.82, 2.24) is 0 Å². The fourth-order valence-corrected chi connectivity index (χ4v) is 2.50. The van der Waals surface area contributed by atoms with Crippen LogP contribution < -0.4 is 0 Å². The standard InChI is InChI=1S/C14H18O2/c1-10(11-6-4-7-11)13-8-3-2-5-12(13)9-14(15)16/h2-3,5,8,10-11H,4,6-7,9H2,1H3,(H,15,16). The second-order valence-electron chi connectivity index (χ2n) is 4.75. The van der Waals surface area contributed by atoms with E-state index in [1.165, 1.54) is 24.8 Å². The number of carboxylic acid groups (broad SMARTS) is 1. The molecule has 16 heavy (non-hydrogen) atoms. The van der Waals surface area contributed by atoms with Gasteiger partial charge in [-0.05, 0) is 35.8 Å². The van der Waals surface area contributed by atoms with Crippen molar-refractivity contribution in [2.24, 2.45) is 5.92 Å². The van der Waals surface area contributed by atoms with Crippen LogP contribution in [0, 0.1) is 5.92 Å². The zero-order valence-corrected chi connectivity index (χ0v) is 9.65. The van der Waals surface area contributed by atoms with Crippen molar-refractivity contribution in [3.8, 4) is 0 Å². The summed E-state index contributed by atoms with van der Waals surface area (Å²) in [5, 5.41) is 8.88. The summed E-state index contributed by atoms with van der Waals surface area (Å²) < 4.78 is 0. The lowest BCUT2D eigenvalue weighted by molar-refractivity contribution is -0.136. The van der Waals surface area contributed by atoms with Gasteiger partial charge in [-0.3, -0.25) is 4.79 Å². The van der Waals surface area contributed by atoms with Crippen LogP contribution in [-0.4, -0.2) is 11.1 Å². The maximum Gasteiger partial charge on any atom is 0.307 e. The predicted molar refractivity (Wildman–Crippen MR) is 63.5 cm³/mol. The first-order valence-corrected chi connectivity index (χ1v) is 5.98. The van der Waals surface area contributed by atoms with Gasteiger partial charge in [0.05, 0.1) is 6.42 Å². The van der Waals surface area contributed by atoms with Crippen LogP contribution in [0.25, 0.3) is 0 Å². The van der Waals surface area contributed by atoms with Crippen molar-refractivity contribution in [2.45, 2.75) is 38.5 Å². The molecule has 1 N–H and O–H groups in total. The predicted octanol–water partition coefficient (Wildman–Crippen LogP) is 3.22. The van der Waals surface area contributed by atoms with Crippen molar-refractivity contribution in [3.05, 3.63) is 35.4 Å². The Kier molecular flexibility index (Phi) is 3.28. The number of hydrogen-bond acceptors (Lipinski definition) is 1. The molecule has 1 atom stereocenters. The summed E-state index contributed by atoms with van der Waals surface area (Å²) in [6, 6.07) is 7.96. The minimum absolute atomic E-state index is 0.146. The minimum Gasteiger partial charge on any atom is -0.481 e. The molecule has 2 rings (SSSR count). The van der Waals surface area contributed by atoms with Crippen molar-refractivity contribution >= 4 is 5.97 Å². The number of rotatable bonds is 4. The molecule has 2 heteroatoms. The Labute approximate surface area is 96.3 Å². The summed E-state index contributed by atoms with van der Waals surface area (Å²) in [5.74, 6) is 0.521. The summed E-state index contributed by atoms with van der Waals surface area (Å²) in [7, 11) is 0. The third-order valence-electron chi connectivity index (χ3n) is 3.74. The van der Waals surface area contributed by atoms with Crippen molar-refractivity contribution in [2.75, 3.05) is 0 Å². The third-order valence-corrected chi connectivity index (χ3v) is 3.74. The molecule has 0 radical (unpaired) electrons. The molecule has 1 aliphatic carbocycles. The molecule has 0 aliphatic heterocycles. The van der Waals surface area contributed by atoms with Gasteiger partial charge in [-0.25, -0.2) is 0 Å². The third kappa shape index (κ3) is 2.26. The van der Waals surface area contributed by atoms with Gasteiger partial charge in [-0.15, -0.1) is 0 Å². The quantitative estimate of drug-likeness (QED) is 0.842. The van der Waals surface area contributed by atoms with Crippen LogP contribution in [0.5, 0.6) is 0 Å². The van der Waals surface area contributed by atoms with E-state index in [1.807, 2.05) is 18.2 Å². The van der Waals surface area contributed by atoms with Gasteiger partial charge >= 0.3 is 5.97 Å². The van der Waals surface area contributed by atoms with E-state index in [-0.39, 0.29) is 6.42 Å². The smallest absolute Gasteiger partial charge is 0.307 e. The molecule has 0 aromatic heterocycles. The summed E-state index contributed by atoms with van der Waals surface area (Å²) in [6.45, 7) is 2.23. The van der Waals surface area contributed by atoms with Gasteiger partial charge in [0.15, 0.2) is 0 Å². The Bertz CT molecular complexity index is 380. The lowest BCUT2D eigenvalue weighted by atomic mass is 9.73. The van der Waals surface area contributed by atoms with Crippen molar-refractivity contribution < 1.29 is 9.90 Å². The van der Waals surface area contributed by atoms with Gasteiger partial charge in [0.2, 0.25) is 0 Å². The average molecular weight is 218 g/mol. The highest BCUT2D eigenvalue weighted by Gasteiger charge is 2.26. The van der Waals surface area contributed by atoms with E-state index in [9.17, 15) is 4.79 Å². The zero-order valence-electron chi connectivity index (χ0n) is 9.65. The Hall–Kier alpha value is -1.31. The highest BCUT2D eigenvalue weighted by Crippen LogP contribution is 2.39. The van der Waals surface area contributed by atoms with E-state index >= 15 is 0 Å². The molecule has 1 aliphatic rings. The van der Waals surface area contributed by atoms with E-state index in [0.717, 1.165) is 11.5 Å². The number of benzene rings is 1. The highest BCUT2D eigenvalue weighted by molar-refractivity contribution is 5.70. The summed E-state index contributed by atoms with van der Waals surface area (Å²) >= 11 is 0. The summed E-state index contributed by atoms with van der Waals surface area (Å²) in [4.78, 5) is 10.8. The summed E-state index contributed by atoms with van der Waals surface area (Å²) in [5.41, 5.74) is 2.21. The fourth-order valence-electron chi connectivity index (χ4n) is 2.50. The van der Waals surface area contributed by atoms with Gasteiger partial charge in [0, 0.05) is 0 Å². The van der Waals surface area contributed by atoms with Crippen LogP contribution in [0.3, 0.4) is 0 Å². The van der Waals surface area contributed by atoms with Gasteiger partial charge in [-0.2, -0.15) is 0 Å². The minimum atomic E-state index is -0.742. The maximum absolute atomic E-state index is 10.8. The first kappa shape index (κ1) is 11.2. The molecule has 1 aromatic rings. The average Bonchev–Trinajstić information content (AvgIpc) is 2.14. The Balaban J connectivity index is 2.20. The molecule has 86 valence electrons. The Morgan fingerprint density at radius 1 is 1.44 bits per heavy atom. The Morgan fingerprint density at radius 3 is 2.69 bits per heavy atom. The van der Waals surface area contributed by atoms with E-state index in [2.05, 4.69) is 13.0 Å². The molecular formula is C14H18O2. The Morgan fingerprint density at radius 2 is 2.12 bits per heavy atom. The SMILES string of the molecule is CC(c1ccccc1CC(=O)O)C1CCC1. The van der Waals surface area contributed by atoms with E-state index in [1.54, 1.807) is 0 Å². The van der Waals surface area contributed by atoms with Gasteiger partial charge in [-0.1, -0.05) is 37.6 Å². The van der Waals surface area contributed by atoms with Crippen LogP contribution in [0.4, 0.5) is 0 Å². The van der Waals surface area contributed by atoms with Crippen molar-refractivity contribution in [1.29, 1.82) is 0 Å². The molecule has 0 amide bonds. The lowest BCUT2D eigenvalue weighted by Crippen LogP contribution is -2.19. The molecule has 0 heterocycles. The molecule has 1 unspecified atom stereocenters. The van der Waals surface area contributed by atoms with Crippen LogP contribution in [-0.2, 0) is 11.2 Å². The number of aliphatic carboxylic acids is 1. The van der Waals surface area contributed by atoms with Crippen LogP contribution in [0.2, 0.25) is 0 Å². The first-order chi connectivity index (χ1) is 7.68. The molecule has 0 spiro atoms. The molecule has 1 aromatic carbocycles. The highest BCUT2D eigenvalue weighted by atomic mass is 16.4. The second-order valence-corrected chi connectivity index (χ2v) is 4.75. The van der Waals surface area contributed by atoms with E-state index in [0.29, 0.717) is 5.92 Å². The summed E-state index contributed by atoms with van der Waals surface area (Å²) in [6.07, 6.45) is 4.06. The second kappa shape index (κ2) is 4.69. The van der Waals surface area contributed by atoms with Gasteiger partial charge < -0.3 is 5.11 Å². The zero-order chi connectivity index (χ0) is 11.5. The molecule has 2 nitrogen and oxygen atoms in total. The lowest BCUT2D eigenvalue weighted by Gasteiger charge is -2.32. The number of hydrogen-bond donors (Lipinski definition) is 1. The first-order valence-electron chi connectivity index (χ1n) is 5.98.